The predicted molar refractivity (Wildman–Crippen MR) is 112 cm³/mol. The third-order valence-corrected chi connectivity index (χ3v) is 6.98. The quantitative estimate of drug-likeness (QED) is 0.684. The highest BCUT2D eigenvalue weighted by Gasteiger charge is 2.24. The molecule has 0 atom stereocenters. The molecule has 0 unspecified atom stereocenters. The van der Waals surface area contributed by atoms with Crippen molar-refractivity contribution in [1.82, 2.24) is 4.90 Å². The summed E-state index contributed by atoms with van der Waals surface area (Å²) in [6.07, 6.45) is 3.80. The predicted octanol–water partition coefficient (Wildman–Crippen LogP) is 4.11. The monoisotopic (exact) mass is 440 g/mol. The molecule has 0 radical (unpaired) electrons. The molecule has 0 saturated carbocycles. The largest absolute Gasteiger partial charge is 0.495 e. The molecule has 3 rings (SSSR count). The molecule has 1 fully saturated rings. The lowest BCUT2D eigenvalue weighted by atomic mass is 10.2. The highest BCUT2D eigenvalue weighted by atomic mass is 35.5. The minimum Gasteiger partial charge on any atom is -0.495 e. The number of halogens is 1. The molecule has 150 valence electrons. The number of anilines is 1. The van der Waals surface area contributed by atoms with E-state index in [0.717, 1.165) is 17.7 Å². The second kappa shape index (κ2) is 8.63. The number of hydrogen-bond acceptors (Lipinski definition) is 5. The van der Waals surface area contributed by atoms with E-state index in [2.05, 4.69) is 4.72 Å². The molecule has 1 amide bonds. The van der Waals surface area contributed by atoms with Crippen LogP contribution in [0.25, 0.3) is 0 Å². The number of hydrogen-bond donors (Lipinski definition) is 1. The second-order valence-corrected chi connectivity index (χ2v) is 9.25. The molecular formula is C19H21ClN2O4S2. The fourth-order valence-electron chi connectivity index (χ4n) is 3.06. The van der Waals surface area contributed by atoms with Crippen molar-refractivity contribution in [3.63, 3.8) is 0 Å². The summed E-state index contributed by atoms with van der Waals surface area (Å²) in [7, 11) is -2.40. The summed E-state index contributed by atoms with van der Waals surface area (Å²) < 4.78 is 33.3. The first kappa shape index (κ1) is 20.8. The number of likely N-dealkylation sites (tertiary alicyclic amines) is 1. The van der Waals surface area contributed by atoms with Crippen LogP contribution in [0.2, 0.25) is 5.02 Å². The van der Waals surface area contributed by atoms with Gasteiger partial charge in [-0.3, -0.25) is 9.52 Å². The van der Waals surface area contributed by atoms with Crippen LogP contribution >= 0.6 is 23.4 Å². The molecule has 6 nitrogen and oxygen atoms in total. The van der Waals surface area contributed by atoms with Crippen molar-refractivity contribution in [3.05, 3.63) is 47.0 Å². The summed E-state index contributed by atoms with van der Waals surface area (Å²) >= 11 is 7.49. The first-order chi connectivity index (χ1) is 13.4. The normalized spacial score (nSPS) is 14.2. The smallest absolute Gasteiger partial charge is 0.261 e. The third-order valence-electron chi connectivity index (χ3n) is 4.51. The van der Waals surface area contributed by atoms with Gasteiger partial charge in [0.2, 0.25) is 0 Å². The topological polar surface area (TPSA) is 75.7 Å². The standard InChI is InChI=1S/C19H21ClN2O4S2/c1-26-17-7-5-13(11-16(17)20)21-28(24,25)14-6-8-18(27-2)15(12-14)19(23)22-9-3-4-10-22/h5-8,11-12,21H,3-4,9-10H2,1-2H3. The summed E-state index contributed by atoms with van der Waals surface area (Å²) in [5.41, 5.74) is 0.720. The van der Waals surface area contributed by atoms with Crippen molar-refractivity contribution in [1.29, 1.82) is 0 Å². The van der Waals surface area contributed by atoms with E-state index in [1.165, 1.54) is 37.1 Å². The fourth-order valence-corrected chi connectivity index (χ4v) is 4.96. The van der Waals surface area contributed by atoms with Crippen LogP contribution in [0.3, 0.4) is 0 Å². The van der Waals surface area contributed by atoms with Crippen molar-refractivity contribution < 1.29 is 17.9 Å². The lowest BCUT2D eigenvalue weighted by Gasteiger charge is -2.18. The average Bonchev–Trinajstić information content (AvgIpc) is 3.21. The molecule has 9 heteroatoms. The van der Waals surface area contributed by atoms with Gasteiger partial charge in [-0.1, -0.05) is 11.6 Å². The Morgan fingerprint density at radius 1 is 1.18 bits per heavy atom. The number of methoxy groups -OCH3 is 1. The number of nitrogens with one attached hydrogen (secondary N) is 1. The van der Waals surface area contributed by atoms with Gasteiger partial charge in [-0.05, 0) is 55.5 Å². The first-order valence-electron chi connectivity index (χ1n) is 8.69. The van der Waals surface area contributed by atoms with E-state index in [0.29, 0.717) is 35.1 Å². The number of benzene rings is 2. The van der Waals surface area contributed by atoms with Crippen molar-refractivity contribution >= 4 is 45.0 Å². The molecule has 2 aromatic carbocycles. The van der Waals surface area contributed by atoms with Crippen LogP contribution in [-0.2, 0) is 10.0 Å². The second-order valence-electron chi connectivity index (χ2n) is 6.32. The number of carbonyl (C=O) groups excluding carboxylic acids is 1. The zero-order chi connectivity index (χ0) is 20.3. The molecule has 28 heavy (non-hydrogen) atoms. The van der Waals surface area contributed by atoms with Gasteiger partial charge >= 0.3 is 0 Å². The Morgan fingerprint density at radius 3 is 2.50 bits per heavy atom. The SMILES string of the molecule is COc1ccc(NS(=O)(=O)c2ccc(SC)c(C(=O)N3CCCC3)c2)cc1Cl. The average molecular weight is 441 g/mol. The molecule has 1 aliphatic rings. The van der Waals surface area contributed by atoms with E-state index < -0.39 is 10.0 Å². The number of rotatable bonds is 6. The van der Waals surface area contributed by atoms with Crippen molar-refractivity contribution in [2.45, 2.75) is 22.6 Å². The van der Waals surface area contributed by atoms with Gasteiger partial charge in [-0.25, -0.2) is 8.42 Å². The molecule has 1 aliphatic heterocycles. The van der Waals surface area contributed by atoms with E-state index in [1.54, 1.807) is 23.1 Å². The van der Waals surface area contributed by atoms with Crippen LogP contribution in [0.4, 0.5) is 5.69 Å². The number of amides is 1. The Labute approximate surface area is 174 Å². The maximum atomic E-state index is 12.8. The maximum absolute atomic E-state index is 12.8. The maximum Gasteiger partial charge on any atom is 0.261 e. The summed E-state index contributed by atoms with van der Waals surface area (Å²) in [6.45, 7) is 1.40. The first-order valence-corrected chi connectivity index (χ1v) is 11.8. The number of sulfonamides is 1. The van der Waals surface area contributed by atoms with Gasteiger partial charge in [0.05, 0.1) is 28.3 Å². The van der Waals surface area contributed by atoms with E-state index in [-0.39, 0.29) is 10.8 Å². The molecule has 2 aromatic rings. The molecule has 0 bridgehead atoms. The number of thioether (sulfide) groups is 1. The highest BCUT2D eigenvalue weighted by Crippen LogP contribution is 2.30. The van der Waals surface area contributed by atoms with Gasteiger partial charge in [0, 0.05) is 18.0 Å². The van der Waals surface area contributed by atoms with E-state index in [4.69, 9.17) is 16.3 Å². The minimum absolute atomic E-state index is 0.0276. The van der Waals surface area contributed by atoms with Gasteiger partial charge in [0.1, 0.15) is 5.75 Å². The number of nitrogens with zero attached hydrogens (tertiary/aromatic N) is 1. The van der Waals surface area contributed by atoms with Gasteiger partial charge < -0.3 is 9.64 Å². The molecule has 1 saturated heterocycles. The molecule has 1 heterocycles. The Balaban J connectivity index is 1.92. The summed E-state index contributed by atoms with van der Waals surface area (Å²) in [5.74, 6) is 0.318. The van der Waals surface area contributed by atoms with Gasteiger partial charge in [-0.15, -0.1) is 11.8 Å². The zero-order valence-corrected chi connectivity index (χ0v) is 18.0. The summed E-state index contributed by atoms with van der Waals surface area (Å²) in [4.78, 5) is 15.4. The van der Waals surface area contributed by atoms with Crippen LogP contribution in [-0.4, -0.2) is 45.7 Å². The van der Waals surface area contributed by atoms with Crippen molar-refractivity contribution in [3.8, 4) is 5.75 Å². The molecule has 0 spiro atoms. The third kappa shape index (κ3) is 4.39. The van der Waals surface area contributed by atoms with Crippen LogP contribution in [0, 0.1) is 0 Å². The van der Waals surface area contributed by atoms with Gasteiger partial charge in [0.15, 0.2) is 0 Å². The van der Waals surface area contributed by atoms with Crippen molar-refractivity contribution in [2.24, 2.45) is 0 Å². The van der Waals surface area contributed by atoms with Gasteiger partial charge in [-0.2, -0.15) is 0 Å². The van der Waals surface area contributed by atoms with Crippen molar-refractivity contribution in [2.75, 3.05) is 31.2 Å². The lowest BCUT2D eigenvalue weighted by molar-refractivity contribution is 0.0789. The molecule has 1 N–H and O–H groups in total. The Morgan fingerprint density at radius 2 is 1.89 bits per heavy atom. The van der Waals surface area contributed by atoms with E-state index in [9.17, 15) is 13.2 Å². The Kier molecular flexibility index (Phi) is 6.42. The summed E-state index contributed by atoms with van der Waals surface area (Å²) in [5, 5.41) is 0.297. The minimum atomic E-state index is -3.88. The number of carbonyl (C=O) groups is 1. The van der Waals surface area contributed by atoms with Crippen LogP contribution < -0.4 is 9.46 Å². The van der Waals surface area contributed by atoms with E-state index in [1.807, 2.05) is 6.26 Å². The highest BCUT2D eigenvalue weighted by molar-refractivity contribution is 7.98. The Bertz CT molecular complexity index is 989. The molecule has 0 aromatic heterocycles. The van der Waals surface area contributed by atoms with Crippen LogP contribution in [0.15, 0.2) is 46.2 Å². The van der Waals surface area contributed by atoms with Crippen LogP contribution in [0.1, 0.15) is 23.2 Å². The molecule has 0 aliphatic carbocycles. The summed E-state index contributed by atoms with van der Waals surface area (Å²) in [6, 6.07) is 9.24. The van der Waals surface area contributed by atoms with Crippen LogP contribution in [0.5, 0.6) is 5.75 Å². The van der Waals surface area contributed by atoms with Gasteiger partial charge in [0.25, 0.3) is 15.9 Å². The lowest BCUT2D eigenvalue weighted by Crippen LogP contribution is -2.28. The zero-order valence-electron chi connectivity index (χ0n) is 15.6. The fraction of sp³-hybridized carbons (Fsp3) is 0.316. The Hall–Kier alpha value is -1.90. The van der Waals surface area contributed by atoms with E-state index >= 15 is 0 Å². The number of ether oxygens (including phenoxy) is 1. The molecular weight excluding hydrogens is 420 g/mol.